The number of nitrogens with one attached hydrogen (secondary N) is 1. The minimum atomic E-state index is -1.26. The highest BCUT2D eigenvalue weighted by Crippen LogP contribution is 2.32. The molecule has 1 aromatic rings. The Morgan fingerprint density at radius 2 is 1.75 bits per heavy atom. The largest absolute Gasteiger partial charge is 0.478 e. The summed E-state index contributed by atoms with van der Waals surface area (Å²) < 4.78 is 0. The zero-order valence-corrected chi connectivity index (χ0v) is 9.34. The lowest BCUT2D eigenvalue weighted by molar-refractivity contribution is -0.114. The SMILES string of the molecule is CC(=O)Nc1sc(C(=O)O)c(C)c1C(=O)O. The molecule has 0 radical (unpaired) electrons. The molecule has 0 saturated heterocycles. The molecular formula is C9H9NO5S. The number of hydrogen-bond donors (Lipinski definition) is 3. The van der Waals surface area contributed by atoms with Gasteiger partial charge in [-0.25, -0.2) is 9.59 Å². The topological polar surface area (TPSA) is 104 Å². The van der Waals surface area contributed by atoms with Crippen molar-refractivity contribution < 1.29 is 24.6 Å². The van der Waals surface area contributed by atoms with Gasteiger partial charge in [-0.05, 0) is 12.5 Å². The van der Waals surface area contributed by atoms with E-state index in [4.69, 9.17) is 10.2 Å². The van der Waals surface area contributed by atoms with E-state index in [1.807, 2.05) is 0 Å². The van der Waals surface area contributed by atoms with Gasteiger partial charge in [0.1, 0.15) is 9.88 Å². The first-order valence-corrected chi connectivity index (χ1v) is 5.03. The van der Waals surface area contributed by atoms with Gasteiger partial charge in [0.15, 0.2) is 0 Å². The fourth-order valence-electron chi connectivity index (χ4n) is 1.22. The molecule has 0 unspecified atom stereocenters. The second kappa shape index (κ2) is 4.31. The average Bonchev–Trinajstić information content (AvgIpc) is 2.41. The molecule has 0 aliphatic rings. The highest BCUT2D eigenvalue weighted by atomic mass is 32.1. The van der Waals surface area contributed by atoms with Crippen LogP contribution in [0.15, 0.2) is 0 Å². The molecule has 0 aromatic carbocycles. The number of hydrogen-bond acceptors (Lipinski definition) is 4. The highest BCUT2D eigenvalue weighted by molar-refractivity contribution is 7.18. The first-order chi connectivity index (χ1) is 7.34. The van der Waals surface area contributed by atoms with E-state index in [0.29, 0.717) is 0 Å². The number of carbonyl (C=O) groups is 3. The molecule has 86 valence electrons. The van der Waals surface area contributed by atoms with Crippen LogP contribution in [0.25, 0.3) is 0 Å². The molecule has 1 amide bonds. The molecule has 0 saturated carbocycles. The quantitative estimate of drug-likeness (QED) is 0.744. The van der Waals surface area contributed by atoms with Crippen molar-refractivity contribution in [2.24, 2.45) is 0 Å². The maximum Gasteiger partial charge on any atom is 0.346 e. The van der Waals surface area contributed by atoms with Crippen LogP contribution in [-0.4, -0.2) is 28.1 Å². The number of aromatic carboxylic acids is 2. The molecule has 6 nitrogen and oxygen atoms in total. The summed E-state index contributed by atoms with van der Waals surface area (Å²) in [4.78, 5) is 32.5. The van der Waals surface area contributed by atoms with E-state index in [0.717, 1.165) is 11.3 Å². The first-order valence-electron chi connectivity index (χ1n) is 4.22. The van der Waals surface area contributed by atoms with E-state index < -0.39 is 17.8 Å². The molecule has 16 heavy (non-hydrogen) atoms. The van der Waals surface area contributed by atoms with Crippen molar-refractivity contribution in [1.29, 1.82) is 0 Å². The fraction of sp³-hybridized carbons (Fsp3) is 0.222. The molecule has 0 aliphatic carbocycles. The molecule has 0 fully saturated rings. The van der Waals surface area contributed by atoms with Crippen molar-refractivity contribution in [3.8, 4) is 0 Å². The van der Waals surface area contributed by atoms with Crippen LogP contribution < -0.4 is 5.32 Å². The Balaban J connectivity index is 3.36. The Labute approximate surface area is 94.5 Å². The van der Waals surface area contributed by atoms with Crippen molar-refractivity contribution in [2.75, 3.05) is 5.32 Å². The molecule has 7 heteroatoms. The maximum atomic E-state index is 10.9. The maximum absolute atomic E-state index is 10.9. The number of anilines is 1. The van der Waals surface area contributed by atoms with Crippen molar-refractivity contribution >= 4 is 34.2 Å². The first kappa shape index (κ1) is 12.2. The van der Waals surface area contributed by atoms with Crippen LogP contribution in [0.4, 0.5) is 5.00 Å². The molecule has 0 atom stereocenters. The zero-order valence-electron chi connectivity index (χ0n) is 8.53. The van der Waals surface area contributed by atoms with Gasteiger partial charge in [-0.2, -0.15) is 0 Å². The lowest BCUT2D eigenvalue weighted by Gasteiger charge is -1.99. The van der Waals surface area contributed by atoms with E-state index in [2.05, 4.69) is 5.32 Å². The third-order valence-electron chi connectivity index (χ3n) is 1.84. The second-order valence-electron chi connectivity index (χ2n) is 3.05. The average molecular weight is 243 g/mol. The highest BCUT2D eigenvalue weighted by Gasteiger charge is 2.24. The molecule has 1 aromatic heterocycles. The molecular weight excluding hydrogens is 234 g/mol. The molecule has 0 spiro atoms. The molecule has 1 rings (SSSR count). The summed E-state index contributed by atoms with van der Waals surface area (Å²) in [5.41, 5.74) is -0.0219. The number of rotatable bonds is 3. The Morgan fingerprint density at radius 1 is 1.19 bits per heavy atom. The summed E-state index contributed by atoms with van der Waals surface area (Å²) >= 11 is 0.739. The fourth-order valence-corrected chi connectivity index (χ4v) is 2.31. The van der Waals surface area contributed by atoms with Crippen LogP contribution in [0.5, 0.6) is 0 Å². The zero-order chi connectivity index (χ0) is 12.5. The van der Waals surface area contributed by atoms with Gasteiger partial charge in [-0.1, -0.05) is 0 Å². The molecule has 3 N–H and O–H groups in total. The standard InChI is InChI=1S/C9H9NO5S/c1-3-5(8(12)13)7(10-4(2)11)16-6(3)9(14)15/h1-2H3,(H,10,11)(H,12,13)(H,14,15). The van der Waals surface area contributed by atoms with Gasteiger partial charge in [0, 0.05) is 6.92 Å². The molecule has 1 heterocycles. The Bertz CT molecular complexity index is 476. The normalized spacial score (nSPS) is 9.88. The Morgan fingerprint density at radius 3 is 2.12 bits per heavy atom. The van der Waals surface area contributed by atoms with Crippen molar-refractivity contribution in [1.82, 2.24) is 0 Å². The summed E-state index contributed by atoms with van der Waals surface area (Å²) in [6.07, 6.45) is 0. The number of carbonyl (C=O) groups excluding carboxylic acids is 1. The number of carboxylic acid groups (broad SMARTS) is 2. The van der Waals surface area contributed by atoms with Crippen LogP contribution in [0.3, 0.4) is 0 Å². The minimum Gasteiger partial charge on any atom is -0.478 e. The van der Waals surface area contributed by atoms with Crippen molar-refractivity contribution in [3.05, 3.63) is 16.0 Å². The summed E-state index contributed by atoms with van der Waals surface area (Å²) in [5.74, 6) is -2.91. The molecule has 0 bridgehead atoms. The van der Waals surface area contributed by atoms with Gasteiger partial charge in [0.05, 0.1) is 5.56 Å². The van der Waals surface area contributed by atoms with Crippen LogP contribution in [-0.2, 0) is 4.79 Å². The van der Waals surface area contributed by atoms with E-state index in [1.165, 1.54) is 13.8 Å². The lowest BCUT2D eigenvalue weighted by Crippen LogP contribution is -2.09. The van der Waals surface area contributed by atoms with E-state index >= 15 is 0 Å². The smallest absolute Gasteiger partial charge is 0.346 e. The van der Waals surface area contributed by atoms with E-state index in [9.17, 15) is 14.4 Å². The van der Waals surface area contributed by atoms with Crippen molar-refractivity contribution in [3.63, 3.8) is 0 Å². The number of thiophene rings is 1. The summed E-state index contributed by atoms with van der Waals surface area (Å²) in [6, 6.07) is 0. The summed E-state index contributed by atoms with van der Waals surface area (Å²) in [6.45, 7) is 2.62. The number of carboxylic acids is 2. The molecule has 0 aliphatic heterocycles. The monoisotopic (exact) mass is 243 g/mol. The summed E-state index contributed by atoms with van der Waals surface area (Å²) in [7, 11) is 0. The van der Waals surface area contributed by atoms with Crippen LogP contribution in [0.1, 0.15) is 32.5 Å². The van der Waals surface area contributed by atoms with E-state index in [-0.39, 0.29) is 21.0 Å². The van der Waals surface area contributed by atoms with Gasteiger partial charge in [-0.15, -0.1) is 11.3 Å². The number of amides is 1. The predicted octanol–water partition coefficient (Wildman–Crippen LogP) is 1.41. The van der Waals surface area contributed by atoms with Gasteiger partial charge < -0.3 is 15.5 Å². The van der Waals surface area contributed by atoms with Crippen LogP contribution in [0.2, 0.25) is 0 Å². The second-order valence-corrected chi connectivity index (χ2v) is 4.07. The van der Waals surface area contributed by atoms with Gasteiger partial charge >= 0.3 is 11.9 Å². The third kappa shape index (κ3) is 2.19. The Kier molecular flexibility index (Phi) is 3.28. The summed E-state index contributed by atoms with van der Waals surface area (Å²) in [5, 5.41) is 20.1. The van der Waals surface area contributed by atoms with Gasteiger partial charge in [0.2, 0.25) is 5.91 Å². The third-order valence-corrected chi connectivity index (χ3v) is 3.04. The van der Waals surface area contributed by atoms with Gasteiger partial charge in [-0.3, -0.25) is 4.79 Å². The lowest BCUT2D eigenvalue weighted by atomic mass is 10.1. The van der Waals surface area contributed by atoms with Gasteiger partial charge in [0.25, 0.3) is 0 Å². The minimum absolute atomic E-state index is 0.0508. The van der Waals surface area contributed by atoms with E-state index in [1.54, 1.807) is 0 Å². The predicted molar refractivity (Wildman–Crippen MR) is 57.3 cm³/mol. The Hall–Kier alpha value is -1.89. The van der Waals surface area contributed by atoms with Crippen molar-refractivity contribution in [2.45, 2.75) is 13.8 Å². The van der Waals surface area contributed by atoms with Crippen LogP contribution >= 0.6 is 11.3 Å². The van der Waals surface area contributed by atoms with Crippen LogP contribution in [0, 0.1) is 6.92 Å².